The van der Waals surface area contributed by atoms with E-state index in [9.17, 15) is 12.8 Å². The van der Waals surface area contributed by atoms with Gasteiger partial charge in [0.1, 0.15) is 4.90 Å². The molecule has 0 aromatic heterocycles. The van der Waals surface area contributed by atoms with E-state index in [1.54, 1.807) is 11.8 Å². The quantitative estimate of drug-likeness (QED) is 0.831. The number of nitrogens with two attached hydrogens (primary N) is 1. The van der Waals surface area contributed by atoms with Crippen LogP contribution in [-0.4, -0.2) is 37.3 Å². The standard InChI is InChI=1S/C11H14BrFN2O2S2/c1-15(8-2-3-18-6-8)19(16,17)10-5-7(14)4-9(12)11(10)13/h4-5,8H,2-3,6,14H2,1H3. The summed E-state index contributed by atoms with van der Waals surface area (Å²) in [4.78, 5) is -0.376. The SMILES string of the molecule is CN(C1CCSC1)S(=O)(=O)c1cc(N)cc(Br)c1F. The molecule has 1 aliphatic heterocycles. The maximum absolute atomic E-state index is 14.0. The number of benzene rings is 1. The van der Waals surface area contributed by atoms with Crippen molar-refractivity contribution >= 4 is 43.4 Å². The van der Waals surface area contributed by atoms with Crippen LogP contribution in [0, 0.1) is 5.82 Å². The molecule has 0 aliphatic carbocycles. The third-order valence-corrected chi connectivity index (χ3v) is 6.73. The Morgan fingerprint density at radius 1 is 1.53 bits per heavy atom. The fourth-order valence-corrected chi connectivity index (χ4v) is 5.41. The Kier molecular flexibility index (Phi) is 4.44. The van der Waals surface area contributed by atoms with Gasteiger partial charge < -0.3 is 5.73 Å². The molecule has 1 fully saturated rings. The lowest BCUT2D eigenvalue weighted by Gasteiger charge is -2.23. The van der Waals surface area contributed by atoms with Gasteiger partial charge in [-0.05, 0) is 40.2 Å². The molecule has 1 unspecified atom stereocenters. The highest BCUT2D eigenvalue weighted by Gasteiger charge is 2.33. The van der Waals surface area contributed by atoms with E-state index in [4.69, 9.17) is 5.73 Å². The summed E-state index contributed by atoms with van der Waals surface area (Å²) in [6.07, 6.45) is 0.783. The maximum atomic E-state index is 14.0. The predicted octanol–water partition coefficient (Wildman–Crippen LogP) is 2.30. The largest absolute Gasteiger partial charge is 0.399 e. The summed E-state index contributed by atoms with van der Waals surface area (Å²) in [6.45, 7) is 0. The van der Waals surface area contributed by atoms with Crippen LogP contribution in [0.1, 0.15) is 6.42 Å². The van der Waals surface area contributed by atoms with Crippen LogP contribution < -0.4 is 5.73 Å². The molecule has 1 aliphatic rings. The molecular weight excluding hydrogens is 355 g/mol. The number of nitrogen functional groups attached to an aromatic ring is 1. The third-order valence-electron chi connectivity index (χ3n) is 3.09. The second-order valence-electron chi connectivity index (χ2n) is 4.35. The molecule has 0 bridgehead atoms. The van der Waals surface area contributed by atoms with E-state index in [0.29, 0.717) is 0 Å². The van der Waals surface area contributed by atoms with Gasteiger partial charge in [0, 0.05) is 24.5 Å². The Morgan fingerprint density at radius 3 is 2.79 bits per heavy atom. The van der Waals surface area contributed by atoms with Crippen LogP contribution in [-0.2, 0) is 10.0 Å². The average Bonchev–Trinajstić information content (AvgIpc) is 2.86. The van der Waals surface area contributed by atoms with Crippen LogP contribution in [0.2, 0.25) is 0 Å². The van der Waals surface area contributed by atoms with Crippen LogP contribution in [0.15, 0.2) is 21.5 Å². The van der Waals surface area contributed by atoms with Gasteiger partial charge in [0.25, 0.3) is 0 Å². The number of halogens is 2. The normalized spacial score (nSPS) is 20.1. The van der Waals surface area contributed by atoms with Crippen molar-refractivity contribution in [1.82, 2.24) is 4.31 Å². The number of hydrogen-bond donors (Lipinski definition) is 1. The Balaban J connectivity index is 2.44. The van der Waals surface area contributed by atoms with Crippen molar-refractivity contribution in [3.05, 3.63) is 22.4 Å². The average molecular weight is 369 g/mol. The minimum absolute atomic E-state index is 0.0558. The summed E-state index contributed by atoms with van der Waals surface area (Å²) in [7, 11) is -2.37. The van der Waals surface area contributed by atoms with E-state index < -0.39 is 15.8 Å². The summed E-state index contributed by atoms with van der Waals surface area (Å²) in [5, 5.41) is 0. The summed E-state index contributed by atoms with van der Waals surface area (Å²) in [5.41, 5.74) is 5.80. The second-order valence-corrected chi connectivity index (χ2v) is 8.32. The lowest BCUT2D eigenvalue weighted by molar-refractivity contribution is 0.391. The van der Waals surface area contributed by atoms with Gasteiger partial charge in [0.05, 0.1) is 4.47 Å². The zero-order valence-electron chi connectivity index (χ0n) is 10.3. The number of thioether (sulfide) groups is 1. The van der Waals surface area contributed by atoms with Crippen molar-refractivity contribution in [3.8, 4) is 0 Å². The van der Waals surface area contributed by atoms with E-state index in [-0.39, 0.29) is 21.1 Å². The number of rotatable bonds is 3. The smallest absolute Gasteiger partial charge is 0.246 e. The minimum Gasteiger partial charge on any atom is -0.399 e. The molecule has 1 saturated heterocycles. The van der Waals surface area contributed by atoms with Crippen molar-refractivity contribution in [2.45, 2.75) is 17.4 Å². The van der Waals surface area contributed by atoms with Crippen LogP contribution in [0.4, 0.5) is 10.1 Å². The first-order chi connectivity index (χ1) is 8.84. The van der Waals surface area contributed by atoms with Gasteiger partial charge in [-0.3, -0.25) is 0 Å². The number of nitrogens with zero attached hydrogens (tertiary/aromatic N) is 1. The first kappa shape index (κ1) is 15.1. The fraction of sp³-hybridized carbons (Fsp3) is 0.455. The molecule has 19 heavy (non-hydrogen) atoms. The molecular formula is C11H14BrFN2O2S2. The van der Waals surface area contributed by atoms with E-state index in [1.807, 2.05) is 0 Å². The second kappa shape index (κ2) is 5.59. The molecule has 4 nitrogen and oxygen atoms in total. The molecule has 0 spiro atoms. The monoisotopic (exact) mass is 368 g/mol. The Bertz CT molecular complexity index is 589. The molecule has 0 radical (unpaired) electrons. The van der Waals surface area contributed by atoms with Crippen molar-refractivity contribution in [3.63, 3.8) is 0 Å². The van der Waals surface area contributed by atoms with Gasteiger partial charge in [-0.1, -0.05) is 0 Å². The zero-order valence-corrected chi connectivity index (χ0v) is 13.5. The molecule has 1 aromatic carbocycles. The van der Waals surface area contributed by atoms with Crippen LogP contribution in [0.3, 0.4) is 0 Å². The zero-order chi connectivity index (χ0) is 14.2. The molecule has 1 atom stereocenters. The summed E-state index contributed by atoms with van der Waals surface area (Å²) < 4.78 is 40.2. The molecule has 2 rings (SSSR count). The van der Waals surface area contributed by atoms with Gasteiger partial charge in [-0.2, -0.15) is 16.1 Å². The first-order valence-electron chi connectivity index (χ1n) is 5.64. The van der Waals surface area contributed by atoms with Crippen molar-refractivity contribution in [2.24, 2.45) is 0 Å². The number of anilines is 1. The highest BCUT2D eigenvalue weighted by atomic mass is 79.9. The fourth-order valence-electron chi connectivity index (χ4n) is 1.93. The minimum atomic E-state index is -3.86. The topological polar surface area (TPSA) is 63.4 Å². The van der Waals surface area contributed by atoms with Crippen LogP contribution in [0.5, 0.6) is 0 Å². The lowest BCUT2D eigenvalue weighted by atomic mass is 10.3. The Morgan fingerprint density at radius 2 is 2.21 bits per heavy atom. The predicted molar refractivity (Wildman–Crippen MR) is 79.2 cm³/mol. The van der Waals surface area contributed by atoms with Gasteiger partial charge in [-0.25, -0.2) is 12.8 Å². The van der Waals surface area contributed by atoms with E-state index in [1.165, 1.54) is 17.4 Å². The van der Waals surface area contributed by atoms with E-state index >= 15 is 0 Å². The summed E-state index contributed by atoms with van der Waals surface area (Å²) >= 11 is 4.68. The summed E-state index contributed by atoms with van der Waals surface area (Å²) in [6, 6.07) is 2.42. The van der Waals surface area contributed by atoms with Crippen LogP contribution in [0.25, 0.3) is 0 Å². The highest BCUT2D eigenvalue weighted by molar-refractivity contribution is 9.10. The van der Waals surface area contributed by atoms with Gasteiger partial charge in [-0.15, -0.1) is 0 Å². The third kappa shape index (κ3) is 2.91. The van der Waals surface area contributed by atoms with Gasteiger partial charge in [0.2, 0.25) is 10.0 Å². The highest BCUT2D eigenvalue weighted by Crippen LogP contribution is 2.31. The molecule has 0 amide bonds. The van der Waals surface area contributed by atoms with Crippen molar-refractivity contribution in [2.75, 3.05) is 24.3 Å². The molecule has 2 N–H and O–H groups in total. The molecule has 1 heterocycles. The molecule has 0 saturated carbocycles. The number of hydrogen-bond acceptors (Lipinski definition) is 4. The Hall–Kier alpha value is -0.310. The van der Waals surface area contributed by atoms with E-state index in [2.05, 4.69) is 15.9 Å². The van der Waals surface area contributed by atoms with Gasteiger partial charge >= 0.3 is 0 Å². The molecule has 1 aromatic rings. The summed E-state index contributed by atoms with van der Waals surface area (Å²) in [5.74, 6) is 0.862. The maximum Gasteiger partial charge on any atom is 0.246 e. The number of sulfonamides is 1. The first-order valence-corrected chi connectivity index (χ1v) is 9.03. The Labute approximate surface area is 124 Å². The van der Waals surface area contributed by atoms with Crippen molar-refractivity contribution < 1.29 is 12.8 Å². The van der Waals surface area contributed by atoms with Gasteiger partial charge in [0.15, 0.2) is 5.82 Å². The molecule has 106 valence electrons. The molecule has 8 heteroatoms. The van der Waals surface area contributed by atoms with Crippen LogP contribution >= 0.6 is 27.7 Å². The van der Waals surface area contributed by atoms with Crippen molar-refractivity contribution in [1.29, 1.82) is 0 Å². The van der Waals surface area contributed by atoms with E-state index in [0.717, 1.165) is 24.0 Å². The lowest BCUT2D eigenvalue weighted by Crippen LogP contribution is -2.37.